The molecule has 2 aromatic rings. The molecule has 0 spiro atoms. The molecule has 1 fully saturated rings. The summed E-state index contributed by atoms with van der Waals surface area (Å²) in [6.45, 7) is 4.69. The van der Waals surface area contributed by atoms with Crippen LogP contribution in [0.2, 0.25) is 0 Å². The summed E-state index contributed by atoms with van der Waals surface area (Å²) >= 11 is 1.64. The molecular formula is C21H26N4O4S. The minimum Gasteiger partial charge on any atom is -0.454 e. The van der Waals surface area contributed by atoms with Gasteiger partial charge in [-0.2, -0.15) is 11.3 Å². The smallest absolute Gasteiger partial charge is 0.309 e. The number of carbonyl (C=O) groups excluding carboxylic acids is 2. The first-order valence-corrected chi connectivity index (χ1v) is 10.9. The number of hydrogen-bond acceptors (Lipinski definition) is 7. The van der Waals surface area contributed by atoms with Crippen LogP contribution in [0.4, 0.5) is 0 Å². The molecule has 1 atom stereocenters. The van der Waals surface area contributed by atoms with E-state index in [1.807, 2.05) is 11.4 Å². The van der Waals surface area contributed by atoms with Gasteiger partial charge in [-0.1, -0.05) is 6.07 Å². The molecule has 9 heteroatoms. The van der Waals surface area contributed by atoms with E-state index in [2.05, 4.69) is 38.9 Å². The Labute approximate surface area is 179 Å². The maximum Gasteiger partial charge on any atom is 0.309 e. The normalized spacial score (nSPS) is 17.5. The molecule has 2 aliphatic heterocycles. The van der Waals surface area contributed by atoms with Crippen molar-refractivity contribution < 1.29 is 19.1 Å². The Hall–Kier alpha value is -2.62. The Morgan fingerprint density at radius 2 is 1.83 bits per heavy atom. The van der Waals surface area contributed by atoms with E-state index in [4.69, 9.17) is 9.47 Å². The zero-order chi connectivity index (χ0) is 20.9. The second-order valence-corrected chi connectivity index (χ2v) is 8.27. The van der Waals surface area contributed by atoms with Crippen LogP contribution in [-0.4, -0.2) is 68.2 Å². The van der Waals surface area contributed by atoms with Crippen molar-refractivity contribution in [3.05, 3.63) is 46.2 Å². The second-order valence-electron chi connectivity index (χ2n) is 7.49. The van der Waals surface area contributed by atoms with Gasteiger partial charge < -0.3 is 25.0 Å². The molecule has 2 N–H and O–H groups in total. The van der Waals surface area contributed by atoms with Gasteiger partial charge in [-0.15, -0.1) is 0 Å². The van der Waals surface area contributed by atoms with Gasteiger partial charge in [0.15, 0.2) is 11.5 Å². The number of amides is 2. The first-order chi connectivity index (χ1) is 14.6. The van der Waals surface area contributed by atoms with Gasteiger partial charge in [-0.05, 0) is 47.1 Å². The lowest BCUT2D eigenvalue weighted by Crippen LogP contribution is -2.49. The Morgan fingerprint density at radius 1 is 1.07 bits per heavy atom. The molecule has 2 amide bonds. The van der Waals surface area contributed by atoms with Gasteiger partial charge in [0.2, 0.25) is 6.79 Å². The molecule has 0 unspecified atom stereocenters. The standard InChI is InChI=1S/C21H26N4O4S/c1-24-5-7-25(8-6-24)17(16-4-9-30-13-16)12-23-21(27)20(26)22-11-15-2-3-18-19(10-15)29-14-28-18/h2-4,9-10,13,17H,5-8,11-12,14H2,1H3,(H,22,26)(H,23,27)/t17-/m0/s1. The topological polar surface area (TPSA) is 83.1 Å². The second kappa shape index (κ2) is 9.46. The van der Waals surface area contributed by atoms with Crippen LogP contribution in [0, 0.1) is 0 Å². The number of thiophene rings is 1. The van der Waals surface area contributed by atoms with Crippen LogP contribution in [0.1, 0.15) is 17.2 Å². The molecule has 1 aromatic heterocycles. The lowest BCUT2D eigenvalue weighted by atomic mass is 10.1. The van der Waals surface area contributed by atoms with Gasteiger partial charge >= 0.3 is 11.8 Å². The fraction of sp³-hybridized carbons (Fsp3) is 0.429. The van der Waals surface area contributed by atoms with Crippen LogP contribution in [0.25, 0.3) is 0 Å². The third-order valence-electron chi connectivity index (χ3n) is 5.46. The minimum atomic E-state index is -0.643. The molecule has 1 aromatic carbocycles. The first kappa shape index (κ1) is 20.6. The summed E-state index contributed by atoms with van der Waals surface area (Å²) in [5.74, 6) is 0.0726. The number of nitrogens with zero attached hydrogens (tertiary/aromatic N) is 2. The van der Waals surface area contributed by atoms with Gasteiger partial charge in [0.05, 0.1) is 6.04 Å². The highest BCUT2D eigenvalue weighted by Gasteiger charge is 2.25. The maximum absolute atomic E-state index is 12.4. The third-order valence-corrected chi connectivity index (χ3v) is 6.16. The summed E-state index contributed by atoms with van der Waals surface area (Å²) in [7, 11) is 2.11. The van der Waals surface area contributed by atoms with E-state index in [0.717, 1.165) is 31.7 Å². The number of benzene rings is 1. The van der Waals surface area contributed by atoms with Crippen molar-refractivity contribution in [3.8, 4) is 11.5 Å². The summed E-state index contributed by atoms with van der Waals surface area (Å²) in [4.78, 5) is 29.3. The summed E-state index contributed by atoms with van der Waals surface area (Å²) in [6, 6.07) is 7.59. The minimum absolute atomic E-state index is 0.0653. The average molecular weight is 431 g/mol. The van der Waals surface area contributed by atoms with E-state index in [1.54, 1.807) is 23.5 Å². The van der Waals surface area contributed by atoms with Crippen molar-refractivity contribution in [2.75, 3.05) is 46.6 Å². The number of piperazine rings is 1. The SMILES string of the molecule is CN1CCN([C@@H](CNC(=O)C(=O)NCc2ccc3c(c2)OCO3)c2ccsc2)CC1. The molecule has 0 radical (unpaired) electrons. The highest BCUT2D eigenvalue weighted by atomic mass is 32.1. The van der Waals surface area contributed by atoms with E-state index in [0.29, 0.717) is 18.0 Å². The van der Waals surface area contributed by atoms with Gasteiger partial charge in [0, 0.05) is 39.3 Å². The van der Waals surface area contributed by atoms with Crippen molar-refractivity contribution in [1.29, 1.82) is 0 Å². The number of likely N-dealkylation sites (N-methyl/N-ethyl adjacent to an activating group) is 1. The quantitative estimate of drug-likeness (QED) is 0.670. The number of nitrogens with one attached hydrogen (secondary N) is 2. The summed E-state index contributed by atoms with van der Waals surface area (Å²) in [5.41, 5.74) is 2.01. The van der Waals surface area contributed by atoms with Crippen LogP contribution in [0.5, 0.6) is 11.5 Å². The first-order valence-electron chi connectivity index (χ1n) is 9.99. The number of hydrogen-bond donors (Lipinski definition) is 2. The van der Waals surface area contributed by atoms with Crippen molar-refractivity contribution in [2.45, 2.75) is 12.6 Å². The van der Waals surface area contributed by atoms with E-state index < -0.39 is 11.8 Å². The third kappa shape index (κ3) is 4.92. The van der Waals surface area contributed by atoms with Crippen molar-refractivity contribution in [3.63, 3.8) is 0 Å². The predicted octanol–water partition coefficient (Wildman–Crippen LogP) is 1.20. The Balaban J connectivity index is 1.30. The zero-order valence-electron chi connectivity index (χ0n) is 16.9. The maximum atomic E-state index is 12.4. The molecule has 0 saturated carbocycles. The zero-order valence-corrected chi connectivity index (χ0v) is 17.7. The Bertz CT molecular complexity index is 881. The van der Waals surface area contributed by atoms with E-state index in [1.165, 1.54) is 5.56 Å². The van der Waals surface area contributed by atoms with Crippen LogP contribution < -0.4 is 20.1 Å². The molecular weight excluding hydrogens is 404 g/mol. The molecule has 1 saturated heterocycles. The van der Waals surface area contributed by atoms with E-state index in [-0.39, 0.29) is 19.4 Å². The largest absolute Gasteiger partial charge is 0.454 e. The van der Waals surface area contributed by atoms with Gasteiger partial charge in [-0.3, -0.25) is 14.5 Å². The molecule has 4 rings (SSSR count). The highest BCUT2D eigenvalue weighted by molar-refractivity contribution is 7.08. The predicted molar refractivity (Wildman–Crippen MR) is 114 cm³/mol. The van der Waals surface area contributed by atoms with Crippen molar-refractivity contribution in [2.24, 2.45) is 0 Å². The monoisotopic (exact) mass is 430 g/mol. The highest BCUT2D eigenvalue weighted by Crippen LogP contribution is 2.32. The average Bonchev–Trinajstić information content (AvgIpc) is 3.45. The lowest BCUT2D eigenvalue weighted by Gasteiger charge is -2.37. The number of fused-ring (bicyclic) bond motifs is 1. The van der Waals surface area contributed by atoms with Crippen molar-refractivity contribution >= 4 is 23.2 Å². The fourth-order valence-corrected chi connectivity index (χ4v) is 4.35. The molecule has 8 nitrogen and oxygen atoms in total. The molecule has 30 heavy (non-hydrogen) atoms. The van der Waals surface area contributed by atoms with Crippen LogP contribution in [0.3, 0.4) is 0 Å². The molecule has 160 valence electrons. The van der Waals surface area contributed by atoms with E-state index in [9.17, 15) is 9.59 Å². The van der Waals surface area contributed by atoms with Crippen LogP contribution in [-0.2, 0) is 16.1 Å². The summed E-state index contributed by atoms with van der Waals surface area (Å²) in [6.07, 6.45) is 0. The number of rotatable bonds is 6. The van der Waals surface area contributed by atoms with Crippen molar-refractivity contribution in [1.82, 2.24) is 20.4 Å². The number of carbonyl (C=O) groups is 2. The molecule has 0 bridgehead atoms. The van der Waals surface area contributed by atoms with E-state index >= 15 is 0 Å². The van der Waals surface area contributed by atoms with Gasteiger partial charge in [-0.25, -0.2) is 0 Å². The Morgan fingerprint density at radius 3 is 2.60 bits per heavy atom. The van der Waals surface area contributed by atoms with Crippen LogP contribution >= 0.6 is 11.3 Å². The van der Waals surface area contributed by atoms with Gasteiger partial charge in [0.1, 0.15) is 0 Å². The summed E-state index contributed by atoms with van der Waals surface area (Å²) in [5, 5.41) is 9.63. The fourth-order valence-electron chi connectivity index (χ4n) is 3.64. The summed E-state index contributed by atoms with van der Waals surface area (Å²) < 4.78 is 10.6. The van der Waals surface area contributed by atoms with Crippen LogP contribution in [0.15, 0.2) is 35.0 Å². The molecule has 0 aliphatic carbocycles. The molecule has 3 heterocycles. The Kier molecular flexibility index (Phi) is 6.51. The van der Waals surface area contributed by atoms with Gasteiger partial charge in [0.25, 0.3) is 0 Å². The number of ether oxygens (including phenoxy) is 2. The molecule has 2 aliphatic rings. The lowest BCUT2D eigenvalue weighted by molar-refractivity contribution is -0.139.